The quantitative estimate of drug-likeness (QED) is 0.495. The van der Waals surface area contributed by atoms with Gasteiger partial charge in [-0.3, -0.25) is 4.79 Å². The maximum absolute atomic E-state index is 13.9. The van der Waals surface area contributed by atoms with E-state index in [1.54, 1.807) is 42.2 Å². The molecule has 6 nitrogen and oxygen atoms in total. The van der Waals surface area contributed by atoms with Crippen LogP contribution in [0.5, 0.6) is 0 Å². The van der Waals surface area contributed by atoms with Crippen LogP contribution in [-0.2, 0) is 6.30 Å². The summed E-state index contributed by atoms with van der Waals surface area (Å²) in [5.74, 6) is -3.12. The van der Waals surface area contributed by atoms with Crippen molar-refractivity contribution in [2.24, 2.45) is 0 Å². The van der Waals surface area contributed by atoms with E-state index in [2.05, 4.69) is 15.4 Å². The van der Waals surface area contributed by atoms with Crippen molar-refractivity contribution in [3.8, 4) is 11.1 Å². The number of pyridine rings is 1. The number of hydrogen-bond acceptors (Lipinski definition) is 4. The highest BCUT2D eigenvalue weighted by Gasteiger charge is 2.34. The van der Waals surface area contributed by atoms with Gasteiger partial charge in [-0.1, -0.05) is 18.2 Å². The Morgan fingerprint density at radius 3 is 2.50 bits per heavy atom. The lowest BCUT2D eigenvalue weighted by Crippen LogP contribution is -2.30. The van der Waals surface area contributed by atoms with E-state index in [9.17, 15) is 26.7 Å². The van der Waals surface area contributed by atoms with E-state index in [4.69, 9.17) is 0 Å². The monoisotopic (exact) mass is 479 g/mol. The average molecular weight is 479 g/mol. The molecule has 34 heavy (non-hydrogen) atoms. The van der Waals surface area contributed by atoms with E-state index in [0.29, 0.717) is 11.3 Å². The molecule has 0 radical (unpaired) electrons. The normalized spacial score (nSPS) is 16.2. The van der Waals surface area contributed by atoms with Gasteiger partial charge < -0.3 is 10.2 Å². The Balaban J connectivity index is 1.77. The van der Waals surface area contributed by atoms with Crippen LogP contribution in [0.15, 0.2) is 48.9 Å². The first kappa shape index (κ1) is 23.7. The molecule has 1 aromatic carbocycles. The van der Waals surface area contributed by atoms with Crippen LogP contribution in [0.1, 0.15) is 35.2 Å². The zero-order chi connectivity index (χ0) is 24.5. The summed E-state index contributed by atoms with van der Waals surface area (Å²) in [7, 11) is 0. The predicted octanol–water partition coefficient (Wildman–Crippen LogP) is 5.61. The minimum Gasteiger partial charge on any atom is -0.356 e. The summed E-state index contributed by atoms with van der Waals surface area (Å²) in [5, 5.41) is 6.12. The van der Waals surface area contributed by atoms with Crippen molar-refractivity contribution < 1.29 is 26.7 Å². The molecule has 0 saturated carbocycles. The standard InChI is InChI=1S/C23H22F5N5O/c1-15-18(16-12-30-33(14-16)23(26,27)28)13-29-20(32-10-5-8-22(24,25)9-11-32)19(15)21(34)31-17-6-3-2-4-7-17/h2-4,6-7,12-14H,5,8-11H2,1H3,(H,31,34). The van der Waals surface area contributed by atoms with Crippen LogP contribution in [0, 0.1) is 6.92 Å². The molecule has 0 bridgehead atoms. The van der Waals surface area contributed by atoms with Crippen LogP contribution in [0.25, 0.3) is 11.1 Å². The van der Waals surface area contributed by atoms with Gasteiger partial charge in [0.2, 0.25) is 5.92 Å². The van der Waals surface area contributed by atoms with E-state index in [-0.39, 0.29) is 59.5 Å². The molecule has 11 heteroatoms. The Morgan fingerprint density at radius 2 is 1.82 bits per heavy atom. The number of hydrogen-bond donors (Lipinski definition) is 1. The van der Waals surface area contributed by atoms with Gasteiger partial charge in [-0.15, -0.1) is 13.2 Å². The van der Waals surface area contributed by atoms with Crippen LogP contribution in [0.3, 0.4) is 0 Å². The van der Waals surface area contributed by atoms with Crippen molar-refractivity contribution >= 4 is 17.4 Å². The van der Waals surface area contributed by atoms with E-state index in [1.165, 1.54) is 6.20 Å². The first-order valence-electron chi connectivity index (χ1n) is 10.7. The van der Waals surface area contributed by atoms with Gasteiger partial charge in [0, 0.05) is 55.1 Å². The Morgan fingerprint density at radius 1 is 1.09 bits per heavy atom. The molecule has 1 N–H and O–H groups in total. The van der Waals surface area contributed by atoms with Crippen LogP contribution >= 0.6 is 0 Å². The highest BCUT2D eigenvalue weighted by molar-refractivity contribution is 6.09. The van der Waals surface area contributed by atoms with Gasteiger partial charge in [0.05, 0.1) is 11.8 Å². The second kappa shape index (κ2) is 9.03. The molecule has 0 unspecified atom stereocenters. The van der Waals surface area contributed by atoms with E-state index in [0.717, 1.165) is 12.4 Å². The van der Waals surface area contributed by atoms with E-state index < -0.39 is 18.1 Å². The van der Waals surface area contributed by atoms with Crippen LogP contribution in [0.4, 0.5) is 33.5 Å². The summed E-state index contributed by atoms with van der Waals surface area (Å²) in [5.41, 5.74) is 1.42. The number of nitrogens with zero attached hydrogens (tertiary/aromatic N) is 4. The predicted molar refractivity (Wildman–Crippen MR) is 117 cm³/mol. The smallest absolute Gasteiger partial charge is 0.356 e. The fraction of sp³-hybridized carbons (Fsp3) is 0.348. The van der Waals surface area contributed by atoms with Crippen molar-refractivity contribution in [2.45, 2.75) is 38.4 Å². The number of nitrogens with one attached hydrogen (secondary N) is 1. The van der Waals surface area contributed by atoms with Gasteiger partial charge in [0.1, 0.15) is 5.82 Å². The van der Waals surface area contributed by atoms with Crippen LogP contribution < -0.4 is 10.2 Å². The number of alkyl halides is 5. The molecule has 180 valence electrons. The number of amides is 1. The third-order valence-electron chi connectivity index (χ3n) is 5.75. The number of aromatic nitrogens is 3. The summed E-state index contributed by atoms with van der Waals surface area (Å²) < 4.78 is 66.8. The zero-order valence-corrected chi connectivity index (χ0v) is 18.2. The minimum absolute atomic E-state index is 0.00356. The number of benzene rings is 1. The molecule has 1 amide bonds. The number of halogens is 5. The molecule has 4 rings (SSSR count). The lowest BCUT2D eigenvalue weighted by atomic mass is 9.99. The fourth-order valence-electron chi connectivity index (χ4n) is 3.98. The number of para-hydroxylation sites is 1. The molecule has 0 aliphatic carbocycles. The summed E-state index contributed by atoms with van der Waals surface area (Å²) in [4.78, 5) is 19.3. The minimum atomic E-state index is -4.69. The third-order valence-corrected chi connectivity index (χ3v) is 5.75. The first-order chi connectivity index (χ1) is 16.0. The summed E-state index contributed by atoms with van der Waals surface area (Å²) in [6.07, 6.45) is -1.91. The van der Waals surface area contributed by atoms with Gasteiger partial charge in [-0.25, -0.2) is 13.8 Å². The van der Waals surface area contributed by atoms with Crippen molar-refractivity contribution in [1.82, 2.24) is 14.8 Å². The Hall–Kier alpha value is -3.50. The zero-order valence-electron chi connectivity index (χ0n) is 18.2. The molecular formula is C23H22F5N5O. The number of rotatable bonds is 4. The number of carbonyl (C=O) groups is 1. The van der Waals surface area contributed by atoms with Gasteiger partial charge in [-0.05, 0) is 31.0 Å². The summed E-state index contributed by atoms with van der Waals surface area (Å²) in [6.45, 7) is 1.87. The third kappa shape index (κ3) is 5.02. The number of anilines is 2. The fourth-order valence-corrected chi connectivity index (χ4v) is 3.98. The molecule has 2 aromatic heterocycles. The van der Waals surface area contributed by atoms with Crippen molar-refractivity contribution in [1.29, 1.82) is 0 Å². The maximum atomic E-state index is 13.9. The average Bonchev–Trinajstić information content (AvgIpc) is 3.20. The second-order valence-corrected chi connectivity index (χ2v) is 8.15. The maximum Gasteiger partial charge on any atom is 0.504 e. The largest absolute Gasteiger partial charge is 0.504 e. The molecule has 1 aliphatic rings. The Labute approximate surface area is 192 Å². The lowest BCUT2D eigenvalue weighted by Gasteiger charge is -2.25. The molecular weight excluding hydrogens is 457 g/mol. The van der Waals surface area contributed by atoms with Crippen LogP contribution in [-0.4, -0.2) is 39.7 Å². The highest BCUT2D eigenvalue weighted by Crippen LogP contribution is 2.35. The number of carbonyl (C=O) groups excluding carboxylic acids is 1. The van der Waals surface area contributed by atoms with E-state index in [1.807, 2.05) is 0 Å². The summed E-state index contributed by atoms with van der Waals surface area (Å²) >= 11 is 0. The molecule has 3 heterocycles. The van der Waals surface area contributed by atoms with Crippen molar-refractivity contribution in [2.75, 3.05) is 23.3 Å². The van der Waals surface area contributed by atoms with E-state index >= 15 is 0 Å². The summed E-state index contributed by atoms with van der Waals surface area (Å²) in [6, 6.07) is 8.62. The van der Waals surface area contributed by atoms with Gasteiger partial charge >= 0.3 is 6.30 Å². The van der Waals surface area contributed by atoms with Crippen LogP contribution in [0.2, 0.25) is 0 Å². The molecule has 1 aliphatic heterocycles. The van der Waals surface area contributed by atoms with Gasteiger partial charge in [0.15, 0.2) is 0 Å². The van der Waals surface area contributed by atoms with Gasteiger partial charge in [0.25, 0.3) is 5.91 Å². The molecule has 1 saturated heterocycles. The molecule has 3 aromatic rings. The van der Waals surface area contributed by atoms with Crippen molar-refractivity contribution in [3.05, 3.63) is 60.0 Å². The molecule has 0 atom stereocenters. The highest BCUT2D eigenvalue weighted by atomic mass is 19.4. The molecule has 0 spiro atoms. The van der Waals surface area contributed by atoms with Crippen molar-refractivity contribution in [3.63, 3.8) is 0 Å². The Kier molecular flexibility index (Phi) is 6.28. The SMILES string of the molecule is Cc1c(-c2cnn(C(F)(F)F)c2)cnc(N2CCCC(F)(F)CC2)c1C(=O)Nc1ccccc1. The lowest BCUT2D eigenvalue weighted by molar-refractivity contribution is -0.212. The Bertz CT molecular complexity index is 1180. The van der Waals surface area contributed by atoms with Gasteiger partial charge in [-0.2, -0.15) is 9.78 Å². The second-order valence-electron chi connectivity index (χ2n) is 8.15. The topological polar surface area (TPSA) is 63.1 Å². The molecule has 1 fully saturated rings. The first-order valence-corrected chi connectivity index (χ1v) is 10.7.